The summed E-state index contributed by atoms with van der Waals surface area (Å²) >= 11 is 0. The van der Waals surface area contributed by atoms with Gasteiger partial charge in [-0.1, -0.05) is 60.7 Å². The van der Waals surface area contributed by atoms with Crippen LogP contribution in [0, 0.1) is 5.92 Å². The van der Waals surface area contributed by atoms with Crippen molar-refractivity contribution in [2.75, 3.05) is 18.0 Å². The van der Waals surface area contributed by atoms with E-state index >= 15 is 0 Å². The molecule has 1 heterocycles. The summed E-state index contributed by atoms with van der Waals surface area (Å²) in [5, 5.41) is 2.99. The quantitative estimate of drug-likeness (QED) is 0.734. The minimum atomic E-state index is -0.108. The van der Waals surface area contributed by atoms with Gasteiger partial charge in [-0.25, -0.2) is 0 Å². The highest BCUT2D eigenvalue weighted by atomic mass is 16.2. The zero-order valence-electron chi connectivity index (χ0n) is 15.5. The topological polar surface area (TPSA) is 49.4 Å². The standard InChI is InChI=1S/C24H22N2O2/c27-23-14-18(17-26(23)22-12-5-2-6-13-22)16-25-24(28)21-11-7-10-20(15-21)19-8-3-1-4-9-19/h1-13,15,18H,14,16-17H2,(H,25,28). The Bertz CT molecular complexity index is 970. The van der Waals surface area contributed by atoms with E-state index < -0.39 is 0 Å². The fraction of sp³-hybridized carbons (Fsp3) is 0.167. The smallest absolute Gasteiger partial charge is 0.251 e. The Balaban J connectivity index is 1.38. The van der Waals surface area contributed by atoms with Crippen molar-refractivity contribution in [3.63, 3.8) is 0 Å². The van der Waals surface area contributed by atoms with Gasteiger partial charge in [-0.3, -0.25) is 9.59 Å². The fourth-order valence-corrected chi connectivity index (χ4v) is 3.59. The highest BCUT2D eigenvalue weighted by Crippen LogP contribution is 2.24. The predicted molar refractivity (Wildman–Crippen MR) is 111 cm³/mol. The number of carbonyl (C=O) groups is 2. The number of rotatable bonds is 5. The zero-order valence-corrected chi connectivity index (χ0v) is 15.5. The van der Waals surface area contributed by atoms with E-state index in [4.69, 9.17) is 0 Å². The Morgan fingerprint density at radius 2 is 1.57 bits per heavy atom. The molecule has 0 aliphatic carbocycles. The van der Waals surface area contributed by atoms with Crippen LogP contribution in [0.25, 0.3) is 11.1 Å². The summed E-state index contributed by atoms with van der Waals surface area (Å²) in [6, 6.07) is 27.3. The molecular formula is C24H22N2O2. The molecule has 0 spiro atoms. The second-order valence-corrected chi connectivity index (χ2v) is 7.07. The van der Waals surface area contributed by atoms with Crippen molar-refractivity contribution in [1.82, 2.24) is 5.32 Å². The second-order valence-electron chi connectivity index (χ2n) is 7.07. The SMILES string of the molecule is O=C(NCC1CC(=O)N(c2ccccc2)C1)c1cccc(-c2ccccc2)c1. The van der Waals surface area contributed by atoms with Gasteiger partial charge in [0, 0.05) is 36.7 Å². The van der Waals surface area contributed by atoms with Crippen LogP contribution in [-0.4, -0.2) is 24.9 Å². The Morgan fingerprint density at radius 3 is 2.32 bits per heavy atom. The first kappa shape index (κ1) is 18.0. The van der Waals surface area contributed by atoms with Gasteiger partial charge in [-0.05, 0) is 35.4 Å². The largest absolute Gasteiger partial charge is 0.352 e. The molecule has 0 saturated carbocycles. The van der Waals surface area contributed by atoms with Crippen LogP contribution < -0.4 is 10.2 Å². The molecule has 0 bridgehead atoms. The zero-order chi connectivity index (χ0) is 19.3. The van der Waals surface area contributed by atoms with Gasteiger partial charge in [0.25, 0.3) is 5.91 Å². The first-order valence-corrected chi connectivity index (χ1v) is 9.50. The molecule has 4 nitrogen and oxygen atoms in total. The van der Waals surface area contributed by atoms with E-state index in [2.05, 4.69) is 5.32 Å². The second kappa shape index (κ2) is 8.09. The molecule has 1 aliphatic heterocycles. The summed E-state index contributed by atoms with van der Waals surface area (Å²) in [4.78, 5) is 26.7. The average molecular weight is 370 g/mol. The van der Waals surface area contributed by atoms with Gasteiger partial charge >= 0.3 is 0 Å². The summed E-state index contributed by atoms with van der Waals surface area (Å²) in [5.41, 5.74) is 3.64. The molecule has 4 rings (SSSR count). The number of nitrogens with zero attached hydrogens (tertiary/aromatic N) is 1. The lowest BCUT2D eigenvalue weighted by atomic mass is 10.0. The minimum absolute atomic E-state index is 0.108. The van der Waals surface area contributed by atoms with E-state index in [1.165, 1.54) is 0 Å². The molecule has 0 radical (unpaired) electrons. The molecule has 3 aromatic carbocycles. The van der Waals surface area contributed by atoms with Crippen molar-refractivity contribution in [2.24, 2.45) is 5.92 Å². The molecule has 2 amide bonds. The van der Waals surface area contributed by atoms with E-state index in [0.29, 0.717) is 25.1 Å². The number of anilines is 1. The minimum Gasteiger partial charge on any atom is -0.352 e. The van der Waals surface area contributed by atoms with Crippen LogP contribution in [0.1, 0.15) is 16.8 Å². The third-order valence-corrected chi connectivity index (χ3v) is 5.06. The van der Waals surface area contributed by atoms with Crippen LogP contribution in [0.3, 0.4) is 0 Å². The Labute approximate surface area is 164 Å². The number of amides is 2. The van der Waals surface area contributed by atoms with Gasteiger partial charge in [0.2, 0.25) is 5.91 Å². The van der Waals surface area contributed by atoms with E-state index in [1.54, 1.807) is 4.90 Å². The molecule has 1 saturated heterocycles. The fourth-order valence-electron chi connectivity index (χ4n) is 3.59. The van der Waals surface area contributed by atoms with E-state index in [-0.39, 0.29) is 17.7 Å². The van der Waals surface area contributed by atoms with Gasteiger partial charge in [-0.2, -0.15) is 0 Å². The molecule has 1 atom stereocenters. The summed E-state index contributed by atoms with van der Waals surface area (Å²) in [6.07, 6.45) is 0.458. The monoisotopic (exact) mass is 370 g/mol. The highest BCUT2D eigenvalue weighted by molar-refractivity contribution is 5.97. The molecule has 3 aromatic rings. The van der Waals surface area contributed by atoms with Crippen molar-refractivity contribution in [1.29, 1.82) is 0 Å². The molecule has 4 heteroatoms. The Morgan fingerprint density at radius 1 is 0.893 bits per heavy atom. The summed E-state index contributed by atoms with van der Waals surface area (Å²) in [6.45, 7) is 1.12. The number of hydrogen-bond donors (Lipinski definition) is 1. The average Bonchev–Trinajstić information content (AvgIpc) is 3.14. The van der Waals surface area contributed by atoms with Crippen molar-refractivity contribution in [3.05, 3.63) is 90.5 Å². The molecule has 1 fully saturated rings. The third kappa shape index (κ3) is 3.96. The number of nitrogens with one attached hydrogen (secondary N) is 1. The van der Waals surface area contributed by atoms with Gasteiger partial charge in [0.15, 0.2) is 0 Å². The van der Waals surface area contributed by atoms with E-state index in [1.807, 2.05) is 84.9 Å². The van der Waals surface area contributed by atoms with E-state index in [9.17, 15) is 9.59 Å². The maximum atomic E-state index is 12.6. The molecule has 1 aliphatic rings. The van der Waals surface area contributed by atoms with E-state index in [0.717, 1.165) is 16.8 Å². The van der Waals surface area contributed by atoms with Gasteiger partial charge in [-0.15, -0.1) is 0 Å². The number of hydrogen-bond acceptors (Lipinski definition) is 2. The maximum absolute atomic E-state index is 12.6. The van der Waals surface area contributed by atoms with Crippen molar-refractivity contribution in [2.45, 2.75) is 6.42 Å². The summed E-state index contributed by atoms with van der Waals surface area (Å²) in [7, 11) is 0. The van der Waals surface area contributed by atoms with Crippen molar-refractivity contribution in [3.8, 4) is 11.1 Å². The lowest BCUT2D eigenvalue weighted by Gasteiger charge is -2.17. The molecule has 140 valence electrons. The van der Waals surface area contributed by atoms with Crippen LogP contribution in [-0.2, 0) is 4.79 Å². The number of para-hydroxylation sites is 1. The van der Waals surface area contributed by atoms with Crippen LogP contribution in [0.15, 0.2) is 84.9 Å². The summed E-state index contributed by atoms with van der Waals surface area (Å²) in [5.74, 6) is 0.119. The molecular weight excluding hydrogens is 348 g/mol. The highest BCUT2D eigenvalue weighted by Gasteiger charge is 2.30. The molecule has 1 N–H and O–H groups in total. The number of benzene rings is 3. The normalized spacial score (nSPS) is 16.2. The van der Waals surface area contributed by atoms with Crippen molar-refractivity contribution < 1.29 is 9.59 Å². The van der Waals surface area contributed by atoms with Crippen LogP contribution >= 0.6 is 0 Å². The van der Waals surface area contributed by atoms with Gasteiger partial charge < -0.3 is 10.2 Å². The van der Waals surface area contributed by atoms with Crippen LogP contribution in [0.5, 0.6) is 0 Å². The third-order valence-electron chi connectivity index (χ3n) is 5.06. The maximum Gasteiger partial charge on any atom is 0.251 e. The lowest BCUT2D eigenvalue weighted by Crippen LogP contribution is -2.31. The van der Waals surface area contributed by atoms with Gasteiger partial charge in [0.1, 0.15) is 0 Å². The Hall–Kier alpha value is -3.40. The number of carbonyl (C=O) groups excluding carboxylic acids is 2. The molecule has 28 heavy (non-hydrogen) atoms. The van der Waals surface area contributed by atoms with Crippen LogP contribution in [0.4, 0.5) is 5.69 Å². The first-order chi connectivity index (χ1) is 13.7. The Kier molecular flexibility index (Phi) is 5.20. The summed E-state index contributed by atoms with van der Waals surface area (Å²) < 4.78 is 0. The van der Waals surface area contributed by atoms with Crippen LogP contribution in [0.2, 0.25) is 0 Å². The predicted octanol–water partition coefficient (Wildman–Crippen LogP) is 4.14. The van der Waals surface area contributed by atoms with Crippen molar-refractivity contribution >= 4 is 17.5 Å². The first-order valence-electron chi connectivity index (χ1n) is 9.50. The molecule has 0 aromatic heterocycles. The van der Waals surface area contributed by atoms with Gasteiger partial charge in [0.05, 0.1) is 0 Å². The molecule has 1 unspecified atom stereocenters. The lowest BCUT2D eigenvalue weighted by molar-refractivity contribution is -0.117.